The molecule has 0 bridgehead atoms. The van der Waals surface area contributed by atoms with Crippen LogP contribution in [0.4, 0.5) is 0 Å². The Labute approximate surface area is 112 Å². The van der Waals surface area contributed by atoms with Crippen LogP contribution in [0.25, 0.3) is 0 Å². The molecule has 2 rings (SSSR count). The highest BCUT2D eigenvalue weighted by Crippen LogP contribution is 2.35. The van der Waals surface area contributed by atoms with Gasteiger partial charge in [0.25, 0.3) is 0 Å². The normalized spacial score (nSPS) is 17.9. The van der Waals surface area contributed by atoms with Crippen LogP contribution in [-0.4, -0.2) is 19.7 Å². The molecule has 0 unspecified atom stereocenters. The van der Waals surface area contributed by atoms with Crippen molar-refractivity contribution in [3.05, 3.63) is 28.7 Å². The van der Waals surface area contributed by atoms with Gasteiger partial charge in [-0.05, 0) is 36.6 Å². The SMILES string of the molecule is CC(C)C1(CCOc2ccc(Br)cc2)CNC1. The molecule has 1 heterocycles. The molecule has 0 saturated carbocycles. The fourth-order valence-corrected chi connectivity index (χ4v) is 2.49. The van der Waals surface area contributed by atoms with Gasteiger partial charge in [-0.1, -0.05) is 29.8 Å². The molecule has 0 radical (unpaired) electrons. The fourth-order valence-electron chi connectivity index (χ4n) is 2.22. The summed E-state index contributed by atoms with van der Waals surface area (Å²) in [5, 5.41) is 3.38. The first-order chi connectivity index (χ1) is 8.12. The molecule has 0 spiro atoms. The number of halogens is 1. The summed E-state index contributed by atoms with van der Waals surface area (Å²) in [5.74, 6) is 1.68. The minimum Gasteiger partial charge on any atom is -0.494 e. The van der Waals surface area contributed by atoms with Gasteiger partial charge in [-0.15, -0.1) is 0 Å². The molecule has 1 saturated heterocycles. The number of benzene rings is 1. The van der Waals surface area contributed by atoms with Crippen molar-refractivity contribution in [1.29, 1.82) is 0 Å². The summed E-state index contributed by atoms with van der Waals surface area (Å²) in [6.45, 7) is 7.69. The van der Waals surface area contributed by atoms with Crippen LogP contribution in [0.15, 0.2) is 28.7 Å². The number of ether oxygens (including phenoxy) is 1. The number of hydrogen-bond acceptors (Lipinski definition) is 2. The van der Waals surface area contributed by atoms with Crippen LogP contribution in [0.3, 0.4) is 0 Å². The standard InChI is InChI=1S/C14H20BrNO/c1-11(2)14(9-16-10-14)7-8-17-13-5-3-12(15)4-6-13/h3-6,11,16H,7-10H2,1-2H3. The van der Waals surface area contributed by atoms with Crippen LogP contribution in [0, 0.1) is 11.3 Å². The van der Waals surface area contributed by atoms with E-state index in [1.807, 2.05) is 24.3 Å². The van der Waals surface area contributed by atoms with Gasteiger partial charge in [-0.3, -0.25) is 0 Å². The Balaban J connectivity index is 1.81. The largest absolute Gasteiger partial charge is 0.494 e. The molecule has 3 heteroatoms. The Kier molecular flexibility index (Phi) is 4.10. The van der Waals surface area contributed by atoms with Gasteiger partial charge in [0.1, 0.15) is 5.75 Å². The van der Waals surface area contributed by atoms with Crippen molar-refractivity contribution in [3.8, 4) is 5.75 Å². The molecule has 1 aromatic carbocycles. The third kappa shape index (κ3) is 3.02. The molecule has 1 fully saturated rings. The molecule has 94 valence electrons. The highest BCUT2D eigenvalue weighted by atomic mass is 79.9. The van der Waals surface area contributed by atoms with E-state index in [1.54, 1.807) is 0 Å². The molecule has 2 nitrogen and oxygen atoms in total. The number of nitrogens with one attached hydrogen (secondary N) is 1. The monoisotopic (exact) mass is 297 g/mol. The van der Waals surface area contributed by atoms with E-state index in [0.717, 1.165) is 42.3 Å². The lowest BCUT2D eigenvalue weighted by molar-refractivity contribution is 0.0671. The van der Waals surface area contributed by atoms with E-state index in [2.05, 4.69) is 35.1 Å². The lowest BCUT2D eigenvalue weighted by atomic mass is 9.70. The zero-order chi connectivity index (χ0) is 12.3. The van der Waals surface area contributed by atoms with Crippen molar-refractivity contribution in [2.24, 2.45) is 11.3 Å². The number of rotatable bonds is 5. The predicted octanol–water partition coefficient (Wildman–Crippen LogP) is 3.46. The van der Waals surface area contributed by atoms with Crippen LogP contribution >= 0.6 is 15.9 Å². The first kappa shape index (κ1) is 12.9. The lowest BCUT2D eigenvalue weighted by Crippen LogP contribution is -2.57. The van der Waals surface area contributed by atoms with Gasteiger partial charge in [0.2, 0.25) is 0 Å². The van der Waals surface area contributed by atoms with Crippen molar-refractivity contribution < 1.29 is 4.74 Å². The maximum absolute atomic E-state index is 5.79. The average Bonchev–Trinajstić information content (AvgIpc) is 2.24. The van der Waals surface area contributed by atoms with E-state index < -0.39 is 0 Å². The minimum absolute atomic E-state index is 0.454. The second-order valence-corrected chi connectivity index (χ2v) is 6.09. The third-order valence-electron chi connectivity index (χ3n) is 3.86. The summed E-state index contributed by atoms with van der Waals surface area (Å²) in [4.78, 5) is 0. The van der Waals surface area contributed by atoms with E-state index in [0.29, 0.717) is 5.41 Å². The first-order valence-electron chi connectivity index (χ1n) is 6.21. The molecule has 17 heavy (non-hydrogen) atoms. The second-order valence-electron chi connectivity index (χ2n) is 5.17. The van der Waals surface area contributed by atoms with Crippen LogP contribution in [0.5, 0.6) is 5.75 Å². The molecule has 1 aliphatic heterocycles. The van der Waals surface area contributed by atoms with Gasteiger partial charge < -0.3 is 10.1 Å². The summed E-state index contributed by atoms with van der Waals surface area (Å²) in [6.07, 6.45) is 1.13. The van der Waals surface area contributed by atoms with Gasteiger partial charge in [0, 0.05) is 23.0 Å². The Morgan fingerprint density at radius 1 is 1.29 bits per heavy atom. The van der Waals surface area contributed by atoms with Crippen LogP contribution in [-0.2, 0) is 0 Å². The Morgan fingerprint density at radius 3 is 2.41 bits per heavy atom. The number of hydrogen-bond donors (Lipinski definition) is 1. The Bertz CT molecular complexity index is 357. The van der Waals surface area contributed by atoms with Crippen molar-refractivity contribution in [2.75, 3.05) is 19.7 Å². The van der Waals surface area contributed by atoms with E-state index >= 15 is 0 Å². The van der Waals surface area contributed by atoms with Gasteiger partial charge in [-0.2, -0.15) is 0 Å². The van der Waals surface area contributed by atoms with Gasteiger partial charge in [0.05, 0.1) is 6.61 Å². The van der Waals surface area contributed by atoms with Gasteiger partial charge >= 0.3 is 0 Å². The van der Waals surface area contributed by atoms with Crippen LogP contribution < -0.4 is 10.1 Å². The molecule has 0 aromatic heterocycles. The molecule has 0 amide bonds. The summed E-state index contributed by atoms with van der Waals surface area (Å²) in [5.41, 5.74) is 0.454. The van der Waals surface area contributed by atoms with Crippen molar-refractivity contribution >= 4 is 15.9 Å². The van der Waals surface area contributed by atoms with E-state index in [9.17, 15) is 0 Å². The minimum atomic E-state index is 0.454. The van der Waals surface area contributed by atoms with E-state index in [-0.39, 0.29) is 0 Å². The van der Waals surface area contributed by atoms with Gasteiger partial charge in [0.15, 0.2) is 0 Å². The van der Waals surface area contributed by atoms with Crippen molar-refractivity contribution in [3.63, 3.8) is 0 Å². The maximum atomic E-state index is 5.79. The Morgan fingerprint density at radius 2 is 1.94 bits per heavy atom. The molecular weight excluding hydrogens is 278 g/mol. The molecule has 0 atom stereocenters. The molecular formula is C14H20BrNO. The molecule has 1 aromatic rings. The zero-order valence-electron chi connectivity index (χ0n) is 10.5. The molecule has 0 aliphatic carbocycles. The first-order valence-corrected chi connectivity index (χ1v) is 7.01. The van der Waals surface area contributed by atoms with Crippen LogP contribution in [0.2, 0.25) is 0 Å². The smallest absolute Gasteiger partial charge is 0.119 e. The Hall–Kier alpha value is -0.540. The quantitative estimate of drug-likeness (QED) is 0.899. The van der Waals surface area contributed by atoms with E-state index in [4.69, 9.17) is 4.74 Å². The summed E-state index contributed by atoms with van der Waals surface area (Å²) < 4.78 is 6.88. The summed E-state index contributed by atoms with van der Waals surface area (Å²) in [6, 6.07) is 8.03. The predicted molar refractivity (Wildman–Crippen MR) is 74.4 cm³/mol. The molecule has 1 aliphatic rings. The highest BCUT2D eigenvalue weighted by Gasteiger charge is 2.39. The topological polar surface area (TPSA) is 21.3 Å². The highest BCUT2D eigenvalue weighted by molar-refractivity contribution is 9.10. The zero-order valence-corrected chi connectivity index (χ0v) is 12.1. The van der Waals surface area contributed by atoms with E-state index in [1.165, 1.54) is 0 Å². The summed E-state index contributed by atoms with van der Waals surface area (Å²) >= 11 is 3.42. The summed E-state index contributed by atoms with van der Waals surface area (Å²) in [7, 11) is 0. The van der Waals surface area contributed by atoms with Gasteiger partial charge in [-0.25, -0.2) is 0 Å². The van der Waals surface area contributed by atoms with Crippen molar-refractivity contribution in [1.82, 2.24) is 5.32 Å². The average molecular weight is 298 g/mol. The van der Waals surface area contributed by atoms with Crippen molar-refractivity contribution in [2.45, 2.75) is 20.3 Å². The maximum Gasteiger partial charge on any atom is 0.119 e. The third-order valence-corrected chi connectivity index (χ3v) is 4.39. The van der Waals surface area contributed by atoms with Crippen LogP contribution in [0.1, 0.15) is 20.3 Å². The second kappa shape index (κ2) is 5.40. The fraction of sp³-hybridized carbons (Fsp3) is 0.571. The molecule has 1 N–H and O–H groups in total. The lowest BCUT2D eigenvalue weighted by Gasteiger charge is -2.46.